The van der Waals surface area contributed by atoms with Gasteiger partial charge in [-0.1, -0.05) is 142 Å². The molecule has 0 aromatic rings. The molecule has 0 aromatic heterocycles. The summed E-state index contributed by atoms with van der Waals surface area (Å²) in [5, 5.41) is 0. The first kappa shape index (κ1) is 23.3. The Kier molecular flexibility index (Phi) is 12.9. The topological polar surface area (TPSA) is 0 Å². The van der Waals surface area contributed by atoms with E-state index in [0.29, 0.717) is 0 Å². The summed E-state index contributed by atoms with van der Waals surface area (Å²) in [6.07, 6.45) is 31.8. The summed E-state index contributed by atoms with van der Waals surface area (Å²) in [6, 6.07) is 0. The highest BCUT2D eigenvalue weighted by Gasteiger charge is 2.30. The van der Waals surface area contributed by atoms with Crippen LogP contribution < -0.4 is 0 Å². The third kappa shape index (κ3) is 9.36. The molecular weight excluding hydrogens is 324 g/mol. The molecule has 160 valence electrons. The van der Waals surface area contributed by atoms with Crippen molar-refractivity contribution in [2.24, 2.45) is 23.7 Å². The summed E-state index contributed by atoms with van der Waals surface area (Å²) in [5.41, 5.74) is 0. The summed E-state index contributed by atoms with van der Waals surface area (Å²) in [5.74, 6) is 4.24. The van der Waals surface area contributed by atoms with Crippen LogP contribution in [0.5, 0.6) is 0 Å². The quantitative estimate of drug-likeness (QED) is 0.448. The van der Waals surface area contributed by atoms with Crippen LogP contribution in [-0.2, 0) is 0 Å². The van der Waals surface area contributed by atoms with Crippen LogP contribution in [0.1, 0.15) is 149 Å². The highest BCUT2D eigenvalue weighted by atomic mass is 14.4. The maximum Gasteiger partial charge on any atom is -0.0358 e. The second-order valence-corrected chi connectivity index (χ2v) is 10.2. The van der Waals surface area contributed by atoms with E-state index in [2.05, 4.69) is 13.8 Å². The van der Waals surface area contributed by atoms with Crippen molar-refractivity contribution < 1.29 is 0 Å². The molecule has 0 nitrogen and oxygen atoms in total. The SMILES string of the molecule is CCCCC1CCCCCCCCCCC(C2CCCCC2CC)CCC1. The predicted octanol–water partition coefficient (Wildman–Crippen LogP) is 9.71. The molecule has 0 aromatic carbocycles. The van der Waals surface area contributed by atoms with Crippen LogP contribution in [0.25, 0.3) is 0 Å². The first-order valence-corrected chi connectivity index (χ1v) is 13.3. The largest absolute Gasteiger partial charge is 0.0654 e. The van der Waals surface area contributed by atoms with E-state index in [1.165, 1.54) is 109 Å². The van der Waals surface area contributed by atoms with Gasteiger partial charge in [0, 0.05) is 0 Å². The monoisotopic (exact) mass is 376 g/mol. The molecular formula is C27H52. The van der Waals surface area contributed by atoms with E-state index in [1.54, 1.807) is 25.7 Å². The van der Waals surface area contributed by atoms with Crippen molar-refractivity contribution in [2.45, 2.75) is 149 Å². The van der Waals surface area contributed by atoms with Gasteiger partial charge in [0.25, 0.3) is 0 Å². The summed E-state index contributed by atoms with van der Waals surface area (Å²) in [6.45, 7) is 4.84. The number of hydrogen-bond donors (Lipinski definition) is 0. The molecule has 0 N–H and O–H groups in total. The molecule has 0 heteroatoms. The van der Waals surface area contributed by atoms with Crippen molar-refractivity contribution in [3.63, 3.8) is 0 Å². The summed E-state index contributed by atoms with van der Waals surface area (Å²) in [7, 11) is 0. The van der Waals surface area contributed by atoms with Crippen LogP contribution >= 0.6 is 0 Å². The molecule has 0 heterocycles. The number of rotatable bonds is 5. The molecule has 0 aliphatic heterocycles. The van der Waals surface area contributed by atoms with E-state index in [0.717, 1.165) is 23.7 Å². The Morgan fingerprint density at radius 1 is 0.556 bits per heavy atom. The van der Waals surface area contributed by atoms with E-state index in [-0.39, 0.29) is 0 Å². The zero-order valence-electron chi connectivity index (χ0n) is 19.2. The summed E-state index contributed by atoms with van der Waals surface area (Å²) < 4.78 is 0. The normalized spacial score (nSPS) is 33.1. The average Bonchev–Trinajstić information content (AvgIpc) is 2.71. The van der Waals surface area contributed by atoms with E-state index < -0.39 is 0 Å². The van der Waals surface area contributed by atoms with Gasteiger partial charge in [-0.15, -0.1) is 0 Å². The Balaban J connectivity index is 1.91. The molecule has 0 saturated heterocycles. The van der Waals surface area contributed by atoms with Crippen molar-refractivity contribution >= 4 is 0 Å². The van der Waals surface area contributed by atoms with Crippen molar-refractivity contribution in [2.75, 3.05) is 0 Å². The van der Waals surface area contributed by atoms with Crippen molar-refractivity contribution in [1.82, 2.24) is 0 Å². The summed E-state index contributed by atoms with van der Waals surface area (Å²) >= 11 is 0. The molecule has 0 radical (unpaired) electrons. The van der Waals surface area contributed by atoms with Gasteiger partial charge in [-0.05, 0) is 30.1 Å². The first-order valence-electron chi connectivity index (χ1n) is 13.3. The van der Waals surface area contributed by atoms with E-state index in [1.807, 2.05) is 0 Å². The lowest BCUT2D eigenvalue weighted by Crippen LogP contribution is -2.27. The van der Waals surface area contributed by atoms with Gasteiger partial charge in [0.2, 0.25) is 0 Å². The van der Waals surface area contributed by atoms with Crippen molar-refractivity contribution in [3.8, 4) is 0 Å². The maximum absolute atomic E-state index is 2.47. The van der Waals surface area contributed by atoms with Crippen LogP contribution in [-0.4, -0.2) is 0 Å². The standard InChI is InChI=1S/C27H52/c1-3-5-17-24-18-12-10-8-6-7-9-11-13-21-26(22-16-19-24)27-23-15-14-20-25(27)4-2/h24-27H,3-23H2,1-2H3. The number of unbranched alkanes of at least 4 members (excludes halogenated alkanes) is 1. The van der Waals surface area contributed by atoms with Crippen LogP contribution in [0.15, 0.2) is 0 Å². The Morgan fingerprint density at radius 3 is 1.81 bits per heavy atom. The second-order valence-electron chi connectivity index (χ2n) is 10.2. The Hall–Kier alpha value is 0. The highest BCUT2D eigenvalue weighted by molar-refractivity contribution is 4.81. The fraction of sp³-hybridized carbons (Fsp3) is 1.00. The average molecular weight is 377 g/mol. The lowest BCUT2D eigenvalue weighted by molar-refractivity contribution is 0.135. The van der Waals surface area contributed by atoms with Gasteiger partial charge in [0.15, 0.2) is 0 Å². The smallest absolute Gasteiger partial charge is 0.0358 e. The Bertz CT molecular complexity index is 333. The Labute approximate surface area is 172 Å². The lowest BCUT2D eigenvalue weighted by Gasteiger charge is -2.37. The van der Waals surface area contributed by atoms with Crippen LogP contribution in [0.3, 0.4) is 0 Å². The second kappa shape index (κ2) is 14.9. The van der Waals surface area contributed by atoms with Crippen molar-refractivity contribution in [3.05, 3.63) is 0 Å². The van der Waals surface area contributed by atoms with Gasteiger partial charge >= 0.3 is 0 Å². The molecule has 27 heavy (non-hydrogen) atoms. The van der Waals surface area contributed by atoms with Gasteiger partial charge in [-0.2, -0.15) is 0 Å². The van der Waals surface area contributed by atoms with Gasteiger partial charge < -0.3 is 0 Å². The zero-order valence-corrected chi connectivity index (χ0v) is 19.2. The van der Waals surface area contributed by atoms with Crippen LogP contribution in [0.2, 0.25) is 0 Å². The molecule has 2 aliphatic carbocycles. The molecule has 0 spiro atoms. The fourth-order valence-corrected chi connectivity index (χ4v) is 6.43. The third-order valence-electron chi connectivity index (χ3n) is 8.19. The Morgan fingerprint density at radius 2 is 1.11 bits per heavy atom. The predicted molar refractivity (Wildman–Crippen MR) is 122 cm³/mol. The molecule has 2 fully saturated rings. The molecule has 2 saturated carbocycles. The molecule has 4 atom stereocenters. The maximum atomic E-state index is 2.47. The molecule has 2 aliphatic rings. The van der Waals surface area contributed by atoms with E-state index in [4.69, 9.17) is 0 Å². The lowest BCUT2D eigenvalue weighted by atomic mass is 9.68. The van der Waals surface area contributed by atoms with Crippen molar-refractivity contribution in [1.29, 1.82) is 0 Å². The number of hydrogen-bond acceptors (Lipinski definition) is 0. The first-order chi connectivity index (χ1) is 13.3. The van der Waals surface area contributed by atoms with E-state index >= 15 is 0 Å². The third-order valence-corrected chi connectivity index (χ3v) is 8.19. The fourth-order valence-electron chi connectivity index (χ4n) is 6.43. The minimum Gasteiger partial charge on any atom is -0.0654 e. The highest BCUT2D eigenvalue weighted by Crippen LogP contribution is 2.41. The van der Waals surface area contributed by atoms with Gasteiger partial charge in [0.1, 0.15) is 0 Å². The van der Waals surface area contributed by atoms with E-state index in [9.17, 15) is 0 Å². The van der Waals surface area contributed by atoms with Gasteiger partial charge in [-0.25, -0.2) is 0 Å². The molecule has 0 bridgehead atoms. The molecule has 2 rings (SSSR count). The molecule has 0 amide bonds. The van der Waals surface area contributed by atoms with Crippen LogP contribution in [0.4, 0.5) is 0 Å². The minimum atomic E-state index is 1.05. The minimum absolute atomic E-state index is 1.05. The van der Waals surface area contributed by atoms with Gasteiger partial charge in [0.05, 0.1) is 0 Å². The zero-order chi connectivity index (χ0) is 19.2. The molecule has 4 unspecified atom stereocenters. The van der Waals surface area contributed by atoms with Gasteiger partial charge in [-0.3, -0.25) is 0 Å². The summed E-state index contributed by atoms with van der Waals surface area (Å²) in [4.78, 5) is 0. The van der Waals surface area contributed by atoms with Crippen LogP contribution in [0, 0.1) is 23.7 Å².